The molecule has 1 heterocycles. The van der Waals surface area contributed by atoms with E-state index < -0.39 is 0 Å². The van der Waals surface area contributed by atoms with Gasteiger partial charge in [-0.25, -0.2) is 0 Å². The second-order valence-corrected chi connectivity index (χ2v) is 7.14. The molecule has 0 saturated carbocycles. The van der Waals surface area contributed by atoms with Crippen LogP contribution >= 0.6 is 11.8 Å². The number of nitrogens with one attached hydrogen (secondary N) is 1. The SMILES string of the molecule is CCC[C@]1(C)CSc2ccccc2[C@@H](c2ccccc2)N1. The summed E-state index contributed by atoms with van der Waals surface area (Å²) < 4.78 is 0. The van der Waals surface area contributed by atoms with Crippen LogP contribution in [0.4, 0.5) is 0 Å². The van der Waals surface area contributed by atoms with E-state index in [4.69, 9.17) is 0 Å². The molecule has 2 atom stereocenters. The number of hydrogen-bond acceptors (Lipinski definition) is 2. The van der Waals surface area contributed by atoms with Crippen LogP contribution < -0.4 is 5.32 Å². The first-order chi connectivity index (χ1) is 10.2. The van der Waals surface area contributed by atoms with Gasteiger partial charge in [0.1, 0.15) is 0 Å². The van der Waals surface area contributed by atoms with Gasteiger partial charge in [0.05, 0.1) is 6.04 Å². The van der Waals surface area contributed by atoms with Crippen LogP contribution in [0.5, 0.6) is 0 Å². The molecule has 2 heteroatoms. The number of rotatable bonds is 3. The molecule has 0 spiro atoms. The molecular weight excluding hydrogens is 274 g/mol. The predicted molar refractivity (Wildman–Crippen MR) is 91.9 cm³/mol. The molecule has 0 aromatic heterocycles. The number of benzene rings is 2. The van der Waals surface area contributed by atoms with Crippen molar-refractivity contribution in [2.75, 3.05) is 5.75 Å². The largest absolute Gasteiger partial charge is 0.300 e. The summed E-state index contributed by atoms with van der Waals surface area (Å²) in [7, 11) is 0. The fourth-order valence-electron chi connectivity index (χ4n) is 3.16. The van der Waals surface area contributed by atoms with Crippen molar-refractivity contribution in [3.8, 4) is 0 Å². The van der Waals surface area contributed by atoms with E-state index in [0.717, 1.165) is 5.75 Å². The van der Waals surface area contributed by atoms with Gasteiger partial charge in [-0.3, -0.25) is 0 Å². The van der Waals surface area contributed by atoms with Gasteiger partial charge in [-0.15, -0.1) is 11.8 Å². The zero-order valence-electron chi connectivity index (χ0n) is 12.8. The summed E-state index contributed by atoms with van der Waals surface area (Å²) in [6, 6.07) is 19.9. The fourth-order valence-corrected chi connectivity index (χ4v) is 4.39. The molecule has 3 rings (SSSR count). The molecule has 0 amide bonds. The van der Waals surface area contributed by atoms with Crippen LogP contribution in [0.3, 0.4) is 0 Å². The van der Waals surface area contributed by atoms with Gasteiger partial charge in [0.15, 0.2) is 0 Å². The lowest BCUT2D eigenvalue weighted by Crippen LogP contribution is -2.45. The van der Waals surface area contributed by atoms with E-state index in [2.05, 4.69) is 73.8 Å². The number of hydrogen-bond donors (Lipinski definition) is 1. The highest BCUT2D eigenvalue weighted by Gasteiger charge is 2.32. The van der Waals surface area contributed by atoms with E-state index in [1.54, 1.807) is 0 Å². The maximum atomic E-state index is 3.94. The molecule has 0 fully saturated rings. The summed E-state index contributed by atoms with van der Waals surface area (Å²) in [6.45, 7) is 4.64. The van der Waals surface area contributed by atoms with Gasteiger partial charge in [-0.05, 0) is 30.5 Å². The van der Waals surface area contributed by atoms with Gasteiger partial charge in [-0.1, -0.05) is 61.9 Å². The van der Waals surface area contributed by atoms with E-state index in [1.165, 1.54) is 28.9 Å². The Balaban J connectivity index is 2.04. The van der Waals surface area contributed by atoms with Crippen LogP contribution in [0.2, 0.25) is 0 Å². The zero-order valence-corrected chi connectivity index (χ0v) is 13.6. The predicted octanol–water partition coefficient (Wildman–Crippen LogP) is 5.03. The molecule has 0 saturated heterocycles. The molecule has 0 aliphatic carbocycles. The summed E-state index contributed by atoms with van der Waals surface area (Å²) in [5, 5.41) is 3.94. The molecule has 21 heavy (non-hydrogen) atoms. The lowest BCUT2D eigenvalue weighted by molar-refractivity contribution is 0.341. The Labute approximate surface area is 132 Å². The third kappa shape index (κ3) is 3.17. The molecule has 2 aromatic carbocycles. The Morgan fingerprint density at radius 3 is 2.57 bits per heavy atom. The van der Waals surface area contributed by atoms with Crippen molar-refractivity contribution in [3.63, 3.8) is 0 Å². The molecule has 0 unspecified atom stereocenters. The van der Waals surface area contributed by atoms with Crippen molar-refractivity contribution in [2.24, 2.45) is 0 Å². The molecule has 0 bridgehead atoms. The summed E-state index contributed by atoms with van der Waals surface area (Å²) in [6.07, 6.45) is 2.42. The van der Waals surface area contributed by atoms with Crippen molar-refractivity contribution in [1.82, 2.24) is 5.32 Å². The van der Waals surface area contributed by atoms with Crippen molar-refractivity contribution in [2.45, 2.75) is 43.2 Å². The summed E-state index contributed by atoms with van der Waals surface area (Å²) >= 11 is 1.99. The lowest BCUT2D eigenvalue weighted by Gasteiger charge is -2.33. The standard InChI is InChI=1S/C19H23NS/c1-3-13-19(2)14-21-17-12-8-7-11-16(17)18(20-19)15-9-5-4-6-10-15/h4-12,18,20H,3,13-14H2,1-2H3/t18-,19-/m1/s1. The second-order valence-electron chi connectivity index (χ2n) is 6.13. The maximum Gasteiger partial charge on any atom is 0.0592 e. The van der Waals surface area contributed by atoms with Crippen LogP contribution in [0.15, 0.2) is 59.5 Å². The Hall–Kier alpha value is -1.25. The average Bonchev–Trinajstić information content (AvgIpc) is 2.66. The Morgan fingerprint density at radius 1 is 1.10 bits per heavy atom. The van der Waals surface area contributed by atoms with Crippen LogP contribution in [0, 0.1) is 0 Å². The zero-order chi connectivity index (χ0) is 14.7. The first-order valence-electron chi connectivity index (χ1n) is 7.76. The Morgan fingerprint density at radius 2 is 1.81 bits per heavy atom. The molecule has 1 aliphatic rings. The molecule has 110 valence electrons. The lowest BCUT2D eigenvalue weighted by atomic mass is 9.92. The highest BCUT2D eigenvalue weighted by Crippen LogP contribution is 2.39. The van der Waals surface area contributed by atoms with Gasteiger partial charge in [0, 0.05) is 16.2 Å². The van der Waals surface area contributed by atoms with Crippen LogP contribution in [0.1, 0.15) is 43.9 Å². The van der Waals surface area contributed by atoms with Crippen molar-refractivity contribution < 1.29 is 0 Å². The van der Waals surface area contributed by atoms with E-state index >= 15 is 0 Å². The monoisotopic (exact) mass is 297 g/mol. The van der Waals surface area contributed by atoms with Gasteiger partial charge < -0.3 is 5.32 Å². The molecule has 1 N–H and O–H groups in total. The normalized spacial score (nSPS) is 25.1. The van der Waals surface area contributed by atoms with Gasteiger partial charge in [-0.2, -0.15) is 0 Å². The van der Waals surface area contributed by atoms with E-state index in [-0.39, 0.29) is 11.6 Å². The minimum Gasteiger partial charge on any atom is -0.300 e. The minimum absolute atomic E-state index is 0.180. The van der Waals surface area contributed by atoms with Crippen molar-refractivity contribution in [1.29, 1.82) is 0 Å². The van der Waals surface area contributed by atoms with Crippen LogP contribution in [-0.2, 0) is 0 Å². The first kappa shape index (κ1) is 14.7. The van der Waals surface area contributed by atoms with E-state index in [9.17, 15) is 0 Å². The highest BCUT2D eigenvalue weighted by atomic mass is 32.2. The molecule has 1 aliphatic heterocycles. The fraction of sp³-hybridized carbons (Fsp3) is 0.368. The summed E-state index contributed by atoms with van der Waals surface area (Å²) in [4.78, 5) is 1.42. The third-order valence-electron chi connectivity index (χ3n) is 4.20. The van der Waals surface area contributed by atoms with Gasteiger partial charge in [0.25, 0.3) is 0 Å². The van der Waals surface area contributed by atoms with Gasteiger partial charge in [0.2, 0.25) is 0 Å². The summed E-state index contributed by atoms with van der Waals surface area (Å²) in [5.41, 5.74) is 2.95. The van der Waals surface area contributed by atoms with Crippen molar-refractivity contribution in [3.05, 3.63) is 65.7 Å². The smallest absolute Gasteiger partial charge is 0.0592 e. The molecular formula is C19H23NS. The quantitative estimate of drug-likeness (QED) is 0.852. The van der Waals surface area contributed by atoms with E-state index in [0.29, 0.717) is 0 Å². The molecule has 1 nitrogen and oxygen atoms in total. The second kappa shape index (κ2) is 6.25. The Kier molecular flexibility index (Phi) is 4.37. The van der Waals surface area contributed by atoms with Crippen LogP contribution in [-0.4, -0.2) is 11.3 Å². The number of fused-ring (bicyclic) bond motifs is 1. The third-order valence-corrected chi connectivity index (χ3v) is 5.67. The van der Waals surface area contributed by atoms with Crippen LogP contribution in [0.25, 0.3) is 0 Å². The number of thioether (sulfide) groups is 1. The minimum atomic E-state index is 0.180. The first-order valence-corrected chi connectivity index (χ1v) is 8.75. The van der Waals surface area contributed by atoms with E-state index in [1.807, 2.05) is 11.8 Å². The maximum absolute atomic E-state index is 3.94. The molecule has 2 aromatic rings. The highest BCUT2D eigenvalue weighted by molar-refractivity contribution is 7.99. The van der Waals surface area contributed by atoms with Crippen molar-refractivity contribution >= 4 is 11.8 Å². The van der Waals surface area contributed by atoms with Gasteiger partial charge >= 0.3 is 0 Å². The Bertz CT molecular complexity index is 596. The molecule has 0 radical (unpaired) electrons. The average molecular weight is 297 g/mol. The topological polar surface area (TPSA) is 12.0 Å². The summed E-state index contributed by atoms with van der Waals surface area (Å²) in [5.74, 6) is 1.13.